The van der Waals surface area contributed by atoms with Gasteiger partial charge in [-0.2, -0.15) is 0 Å². The summed E-state index contributed by atoms with van der Waals surface area (Å²) in [5.41, 5.74) is 5.80. The summed E-state index contributed by atoms with van der Waals surface area (Å²) >= 11 is 0. The molecule has 0 bridgehead atoms. The Balaban J connectivity index is 2.50. The van der Waals surface area contributed by atoms with Gasteiger partial charge in [0.1, 0.15) is 0 Å². The van der Waals surface area contributed by atoms with E-state index in [0.717, 1.165) is 19.5 Å². The highest BCUT2D eigenvalue weighted by Crippen LogP contribution is 2.16. The number of carbonyl (C=O) groups is 1. The highest BCUT2D eigenvalue weighted by atomic mass is 16.5. The number of esters is 1. The van der Waals surface area contributed by atoms with Gasteiger partial charge >= 0.3 is 5.97 Å². The van der Waals surface area contributed by atoms with Gasteiger partial charge in [0, 0.05) is 12.6 Å². The molecule has 0 aromatic rings. The maximum Gasteiger partial charge on any atom is 0.310 e. The van der Waals surface area contributed by atoms with Crippen molar-refractivity contribution in [1.82, 2.24) is 4.90 Å². The fourth-order valence-electron chi connectivity index (χ4n) is 1.60. The monoisotopic (exact) mass is 172 g/mol. The summed E-state index contributed by atoms with van der Waals surface area (Å²) in [7, 11) is 3.42. The summed E-state index contributed by atoms with van der Waals surface area (Å²) in [5.74, 6) is -0.276. The molecule has 1 aliphatic heterocycles. The number of hydrogen-bond donors (Lipinski definition) is 1. The lowest BCUT2D eigenvalue weighted by Crippen LogP contribution is -2.49. The predicted octanol–water partition coefficient (Wildman–Crippen LogP) is -0.562. The summed E-state index contributed by atoms with van der Waals surface area (Å²) in [6.45, 7) is 1.70. The van der Waals surface area contributed by atoms with Crippen molar-refractivity contribution in [2.45, 2.75) is 12.5 Å². The molecule has 0 aromatic heterocycles. The second kappa shape index (κ2) is 3.87. The van der Waals surface area contributed by atoms with Crippen LogP contribution in [0, 0.1) is 5.92 Å². The topological polar surface area (TPSA) is 55.6 Å². The van der Waals surface area contributed by atoms with Gasteiger partial charge in [0.15, 0.2) is 0 Å². The number of carbonyl (C=O) groups excluding carboxylic acids is 1. The third-order valence-corrected chi connectivity index (χ3v) is 2.37. The number of ether oxygens (including phenoxy) is 1. The molecule has 0 saturated carbocycles. The van der Waals surface area contributed by atoms with E-state index in [1.165, 1.54) is 7.11 Å². The van der Waals surface area contributed by atoms with E-state index in [2.05, 4.69) is 9.64 Å². The molecule has 1 heterocycles. The van der Waals surface area contributed by atoms with E-state index in [4.69, 9.17) is 5.73 Å². The van der Waals surface area contributed by atoms with Gasteiger partial charge in [-0.25, -0.2) is 0 Å². The molecule has 1 saturated heterocycles. The fraction of sp³-hybridized carbons (Fsp3) is 0.875. The zero-order valence-corrected chi connectivity index (χ0v) is 7.62. The number of likely N-dealkylation sites (N-methyl/N-ethyl adjacent to an activating group) is 1. The third-order valence-electron chi connectivity index (χ3n) is 2.37. The van der Waals surface area contributed by atoms with Crippen LogP contribution in [0.1, 0.15) is 6.42 Å². The Hall–Kier alpha value is -0.610. The van der Waals surface area contributed by atoms with Crippen LogP contribution in [0.2, 0.25) is 0 Å². The normalized spacial score (nSPS) is 31.6. The maximum absolute atomic E-state index is 11.2. The van der Waals surface area contributed by atoms with Crippen molar-refractivity contribution < 1.29 is 9.53 Å². The van der Waals surface area contributed by atoms with Crippen molar-refractivity contribution in [2.75, 3.05) is 27.2 Å². The Morgan fingerprint density at radius 1 is 1.67 bits per heavy atom. The number of rotatable bonds is 1. The average molecular weight is 172 g/mol. The predicted molar refractivity (Wildman–Crippen MR) is 45.6 cm³/mol. The smallest absolute Gasteiger partial charge is 0.310 e. The number of piperidine rings is 1. The molecule has 0 radical (unpaired) electrons. The second-order valence-corrected chi connectivity index (χ2v) is 3.34. The average Bonchev–Trinajstić information content (AvgIpc) is 2.03. The molecule has 0 aromatic carbocycles. The lowest BCUT2D eigenvalue weighted by molar-refractivity contribution is -0.147. The van der Waals surface area contributed by atoms with Gasteiger partial charge < -0.3 is 15.4 Å². The quantitative estimate of drug-likeness (QED) is 0.539. The van der Waals surface area contributed by atoms with Gasteiger partial charge in [-0.15, -0.1) is 0 Å². The van der Waals surface area contributed by atoms with Crippen LogP contribution in [-0.4, -0.2) is 44.2 Å². The number of hydrogen-bond acceptors (Lipinski definition) is 4. The number of likely N-dealkylation sites (tertiary alicyclic amines) is 1. The van der Waals surface area contributed by atoms with Crippen LogP contribution in [0.25, 0.3) is 0 Å². The molecule has 0 spiro atoms. The molecule has 0 amide bonds. The first-order valence-electron chi connectivity index (χ1n) is 4.17. The summed E-state index contributed by atoms with van der Waals surface area (Å²) in [6, 6.07) is -0.0730. The maximum atomic E-state index is 11.2. The van der Waals surface area contributed by atoms with Crippen LogP contribution in [0.4, 0.5) is 0 Å². The van der Waals surface area contributed by atoms with Gasteiger partial charge in [0.25, 0.3) is 0 Å². The van der Waals surface area contributed by atoms with E-state index in [-0.39, 0.29) is 17.9 Å². The Morgan fingerprint density at radius 2 is 2.33 bits per heavy atom. The van der Waals surface area contributed by atoms with E-state index >= 15 is 0 Å². The van der Waals surface area contributed by atoms with Crippen molar-refractivity contribution in [3.63, 3.8) is 0 Å². The SMILES string of the molecule is COC(=O)[C@H]1CCN(C)C[C@H]1N. The van der Waals surface area contributed by atoms with Crippen LogP contribution >= 0.6 is 0 Å². The van der Waals surface area contributed by atoms with Crippen LogP contribution in [-0.2, 0) is 9.53 Å². The molecular weight excluding hydrogens is 156 g/mol. The summed E-state index contributed by atoms with van der Waals surface area (Å²) in [5, 5.41) is 0. The zero-order valence-electron chi connectivity index (χ0n) is 7.62. The van der Waals surface area contributed by atoms with Gasteiger partial charge in [-0.3, -0.25) is 4.79 Å². The van der Waals surface area contributed by atoms with Crippen LogP contribution in [0.3, 0.4) is 0 Å². The number of nitrogens with two attached hydrogens (primary N) is 1. The van der Waals surface area contributed by atoms with Crippen molar-refractivity contribution in [2.24, 2.45) is 11.7 Å². The molecule has 70 valence electrons. The van der Waals surface area contributed by atoms with E-state index < -0.39 is 0 Å². The first-order valence-corrected chi connectivity index (χ1v) is 4.17. The zero-order chi connectivity index (χ0) is 9.14. The summed E-state index contributed by atoms with van der Waals surface area (Å²) in [6.07, 6.45) is 0.810. The second-order valence-electron chi connectivity index (χ2n) is 3.34. The van der Waals surface area contributed by atoms with Crippen molar-refractivity contribution in [3.05, 3.63) is 0 Å². The Kier molecular flexibility index (Phi) is 3.05. The van der Waals surface area contributed by atoms with Crippen LogP contribution in [0.15, 0.2) is 0 Å². The minimum absolute atomic E-state index is 0.0730. The van der Waals surface area contributed by atoms with E-state index in [9.17, 15) is 4.79 Å². The van der Waals surface area contributed by atoms with Gasteiger partial charge in [0.05, 0.1) is 13.0 Å². The molecule has 1 aliphatic rings. The minimum Gasteiger partial charge on any atom is -0.469 e. The lowest BCUT2D eigenvalue weighted by atomic mass is 9.93. The molecule has 0 aliphatic carbocycles. The highest BCUT2D eigenvalue weighted by molar-refractivity contribution is 5.73. The first-order chi connectivity index (χ1) is 5.65. The third kappa shape index (κ3) is 1.95. The molecule has 12 heavy (non-hydrogen) atoms. The Morgan fingerprint density at radius 3 is 2.83 bits per heavy atom. The first kappa shape index (κ1) is 9.48. The van der Waals surface area contributed by atoms with E-state index in [1.807, 2.05) is 7.05 Å². The molecule has 2 N–H and O–H groups in total. The lowest BCUT2D eigenvalue weighted by Gasteiger charge is -2.32. The van der Waals surface area contributed by atoms with E-state index in [0.29, 0.717) is 0 Å². The van der Waals surface area contributed by atoms with E-state index in [1.54, 1.807) is 0 Å². The molecule has 0 unspecified atom stereocenters. The molecule has 4 nitrogen and oxygen atoms in total. The van der Waals surface area contributed by atoms with Crippen LogP contribution < -0.4 is 5.73 Å². The molecule has 2 atom stereocenters. The molecular formula is C8H16N2O2. The van der Waals surface area contributed by atoms with Crippen molar-refractivity contribution in [1.29, 1.82) is 0 Å². The highest BCUT2D eigenvalue weighted by Gasteiger charge is 2.30. The van der Waals surface area contributed by atoms with Crippen molar-refractivity contribution in [3.8, 4) is 0 Å². The van der Waals surface area contributed by atoms with Crippen LogP contribution in [0.5, 0.6) is 0 Å². The van der Waals surface area contributed by atoms with Gasteiger partial charge in [-0.05, 0) is 20.0 Å². The largest absolute Gasteiger partial charge is 0.469 e. The summed E-state index contributed by atoms with van der Waals surface area (Å²) < 4.78 is 4.66. The molecule has 1 fully saturated rings. The summed E-state index contributed by atoms with van der Waals surface area (Å²) in [4.78, 5) is 13.3. The number of nitrogens with zero attached hydrogens (tertiary/aromatic N) is 1. The van der Waals surface area contributed by atoms with Gasteiger partial charge in [-0.1, -0.05) is 0 Å². The number of methoxy groups -OCH3 is 1. The van der Waals surface area contributed by atoms with Gasteiger partial charge in [0.2, 0.25) is 0 Å². The Labute approximate surface area is 72.7 Å². The fourth-order valence-corrected chi connectivity index (χ4v) is 1.60. The van der Waals surface area contributed by atoms with Crippen molar-refractivity contribution >= 4 is 5.97 Å². The standard InChI is InChI=1S/C8H16N2O2/c1-10-4-3-6(7(9)5-10)8(11)12-2/h6-7H,3-5,9H2,1-2H3/t6-,7+/m0/s1. The molecule has 4 heteroatoms. The molecule has 1 rings (SSSR count). The Bertz CT molecular complexity index is 172. The minimum atomic E-state index is -0.171.